The number of nitrogens with zero attached hydrogens (tertiary/aromatic N) is 2. The summed E-state index contributed by atoms with van der Waals surface area (Å²) in [4.78, 5) is 12.4. The third-order valence-electron chi connectivity index (χ3n) is 4.36. The maximum Gasteiger partial charge on any atom is 0.273 e. The molecule has 27 heavy (non-hydrogen) atoms. The van der Waals surface area contributed by atoms with Crippen LogP contribution in [0.5, 0.6) is 5.75 Å². The number of hydrogen-bond donors (Lipinski definition) is 2. The van der Waals surface area contributed by atoms with Crippen LogP contribution in [0.15, 0.2) is 36.4 Å². The van der Waals surface area contributed by atoms with Crippen molar-refractivity contribution in [3.8, 4) is 16.9 Å². The van der Waals surface area contributed by atoms with Crippen molar-refractivity contribution in [1.82, 2.24) is 15.5 Å². The molecule has 0 fully saturated rings. The first-order chi connectivity index (χ1) is 12.9. The average molecular weight is 364 g/mol. The molecular formula is C21H24N4O2. The van der Waals surface area contributed by atoms with Crippen molar-refractivity contribution in [2.24, 2.45) is 5.92 Å². The smallest absolute Gasteiger partial charge is 0.273 e. The summed E-state index contributed by atoms with van der Waals surface area (Å²) in [7, 11) is 1.64. The zero-order valence-corrected chi connectivity index (χ0v) is 16.0. The Kier molecular flexibility index (Phi) is 5.26. The van der Waals surface area contributed by atoms with Crippen LogP contribution in [0.4, 0.5) is 5.69 Å². The highest BCUT2D eigenvalue weighted by Crippen LogP contribution is 2.36. The molecule has 140 valence electrons. The van der Waals surface area contributed by atoms with Gasteiger partial charge < -0.3 is 15.8 Å². The van der Waals surface area contributed by atoms with Crippen LogP contribution in [0.3, 0.4) is 0 Å². The van der Waals surface area contributed by atoms with Crippen molar-refractivity contribution in [1.29, 1.82) is 0 Å². The Bertz CT molecular complexity index is 999. The van der Waals surface area contributed by atoms with Crippen LogP contribution in [-0.2, 0) is 0 Å². The minimum Gasteiger partial charge on any atom is -0.496 e. The Hall–Kier alpha value is -3.15. The van der Waals surface area contributed by atoms with Gasteiger partial charge >= 0.3 is 0 Å². The molecule has 0 aliphatic heterocycles. The SMILES string of the molecule is COc1ccc(C)cc1-c1cccc2c(N)c(C(=O)NCC(C)C)nnc12. The summed E-state index contributed by atoms with van der Waals surface area (Å²) in [5, 5.41) is 12.0. The molecule has 3 aromatic rings. The molecule has 3 rings (SSSR count). The van der Waals surface area contributed by atoms with Crippen LogP contribution in [-0.4, -0.2) is 29.8 Å². The van der Waals surface area contributed by atoms with Gasteiger partial charge in [-0.25, -0.2) is 0 Å². The van der Waals surface area contributed by atoms with E-state index < -0.39 is 0 Å². The largest absolute Gasteiger partial charge is 0.496 e. The van der Waals surface area contributed by atoms with E-state index in [0.717, 1.165) is 22.4 Å². The van der Waals surface area contributed by atoms with Gasteiger partial charge in [-0.05, 0) is 25.0 Å². The molecule has 0 unspecified atom stereocenters. The first-order valence-electron chi connectivity index (χ1n) is 8.90. The van der Waals surface area contributed by atoms with Gasteiger partial charge in [-0.15, -0.1) is 10.2 Å². The molecule has 0 aliphatic rings. The van der Waals surface area contributed by atoms with Crippen LogP contribution in [0, 0.1) is 12.8 Å². The van der Waals surface area contributed by atoms with Gasteiger partial charge in [0.25, 0.3) is 5.91 Å². The standard InChI is InChI=1S/C21H24N4O2/c1-12(2)11-23-21(26)20-18(22)15-7-5-6-14(19(15)24-25-20)16-10-13(3)8-9-17(16)27-4/h5-10,12H,11H2,1-4H3,(H2,22,24)(H,23,26). The number of methoxy groups -OCH3 is 1. The lowest BCUT2D eigenvalue weighted by Gasteiger charge is -2.13. The first-order valence-corrected chi connectivity index (χ1v) is 8.90. The highest BCUT2D eigenvalue weighted by atomic mass is 16.5. The molecule has 0 bridgehead atoms. The van der Waals surface area contributed by atoms with Crippen molar-refractivity contribution in [2.45, 2.75) is 20.8 Å². The second-order valence-corrected chi connectivity index (χ2v) is 6.97. The molecule has 1 aromatic heterocycles. The highest BCUT2D eigenvalue weighted by molar-refractivity contribution is 6.07. The van der Waals surface area contributed by atoms with E-state index in [2.05, 4.69) is 15.5 Å². The summed E-state index contributed by atoms with van der Waals surface area (Å²) in [5.74, 6) is 0.769. The topological polar surface area (TPSA) is 90.1 Å². The number of amides is 1. The van der Waals surface area contributed by atoms with Crippen LogP contribution >= 0.6 is 0 Å². The van der Waals surface area contributed by atoms with Gasteiger partial charge in [0.05, 0.1) is 12.8 Å². The molecule has 0 saturated heterocycles. The molecule has 1 heterocycles. The minimum atomic E-state index is -0.311. The number of ether oxygens (including phenoxy) is 1. The Morgan fingerprint density at radius 2 is 1.96 bits per heavy atom. The molecule has 6 nitrogen and oxygen atoms in total. The predicted octanol–water partition coefficient (Wildman–Crippen LogP) is 3.58. The number of aryl methyl sites for hydroxylation is 1. The second kappa shape index (κ2) is 7.61. The molecule has 0 atom stereocenters. The fourth-order valence-corrected chi connectivity index (χ4v) is 2.95. The lowest BCUT2D eigenvalue weighted by Crippen LogP contribution is -2.29. The molecule has 0 spiro atoms. The van der Waals surface area contributed by atoms with Crippen molar-refractivity contribution in [3.05, 3.63) is 47.7 Å². The maximum absolute atomic E-state index is 12.4. The first kappa shape index (κ1) is 18.6. The Morgan fingerprint density at radius 1 is 1.19 bits per heavy atom. The predicted molar refractivity (Wildman–Crippen MR) is 108 cm³/mol. The van der Waals surface area contributed by atoms with E-state index in [1.54, 1.807) is 7.11 Å². The summed E-state index contributed by atoms with van der Waals surface area (Å²) in [6, 6.07) is 11.7. The number of fused-ring (bicyclic) bond motifs is 1. The number of carbonyl (C=O) groups excluding carboxylic acids is 1. The Balaban J connectivity index is 2.13. The van der Waals surface area contributed by atoms with Gasteiger partial charge in [0.2, 0.25) is 0 Å². The number of aromatic nitrogens is 2. The van der Waals surface area contributed by atoms with Crippen molar-refractivity contribution < 1.29 is 9.53 Å². The Labute approximate surface area is 158 Å². The van der Waals surface area contributed by atoms with Gasteiger partial charge in [-0.1, -0.05) is 43.7 Å². The van der Waals surface area contributed by atoms with Gasteiger partial charge in [0, 0.05) is 23.1 Å². The van der Waals surface area contributed by atoms with E-state index in [1.165, 1.54) is 0 Å². The van der Waals surface area contributed by atoms with Crippen molar-refractivity contribution >= 4 is 22.5 Å². The molecule has 1 amide bonds. The fourth-order valence-electron chi connectivity index (χ4n) is 2.95. The van der Waals surface area contributed by atoms with Gasteiger partial charge in [-0.2, -0.15) is 0 Å². The summed E-state index contributed by atoms with van der Waals surface area (Å²) >= 11 is 0. The number of nitrogens with one attached hydrogen (secondary N) is 1. The average Bonchev–Trinajstić information content (AvgIpc) is 2.66. The highest BCUT2D eigenvalue weighted by Gasteiger charge is 2.18. The number of nitrogen functional groups attached to an aromatic ring is 1. The summed E-state index contributed by atoms with van der Waals surface area (Å²) in [5.41, 5.74) is 10.3. The molecule has 2 aromatic carbocycles. The maximum atomic E-state index is 12.4. The van der Waals surface area contributed by atoms with E-state index in [9.17, 15) is 4.79 Å². The minimum absolute atomic E-state index is 0.150. The molecular weight excluding hydrogens is 340 g/mol. The quantitative estimate of drug-likeness (QED) is 0.722. The molecule has 0 radical (unpaired) electrons. The summed E-state index contributed by atoms with van der Waals surface area (Å²) in [6.07, 6.45) is 0. The Morgan fingerprint density at radius 3 is 2.67 bits per heavy atom. The molecule has 0 aliphatic carbocycles. The third kappa shape index (κ3) is 3.69. The van der Waals surface area contributed by atoms with Gasteiger partial charge in [-0.3, -0.25) is 4.79 Å². The second-order valence-electron chi connectivity index (χ2n) is 6.97. The zero-order chi connectivity index (χ0) is 19.6. The van der Waals surface area contributed by atoms with E-state index >= 15 is 0 Å². The molecule has 3 N–H and O–H groups in total. The van der Waals surface area contributed by atoms with Gasteiger partial charge in [0.1, 0.15) is 11.3 Å². The lowest BCUT2D eigenvalue weighted by atomic mass is 9.99. The van der Waals surface area contributed by atoms with E-state index in [0.29, 0.717) is 29.1 Å². The van der Waals surface area contributed by atoms with Gasteiger partial charge in [0.15, 0.2) is 5.69 Å². The van der Waals surface area contributed by atoms with E-state index in [1.807, 2.05) is 57.2 Å². The third-order valence-corrected chi connectivity index (χ3v) is 4.36. The van der Waals surface area contributed by atoms with Crippen LogP contribution in [0.25, 0.3) is 22.0 Å². The van der Waals surface area contributed by atoms with Crippen LogP contribution in [0.2, 0.25) is 0 Å². The normalized spacial score (nSPS) is 11.0. The van der Waals surface area contributed by atoms with Crippen molar-refractivity contribution in [3.63, 3.8) is 0 Å². The number of benzene rings is 2. The fraction of sp³-hybridized carbons (Fsp3) is 0.286. The zero-order valence-electron chi connectivity index (χ0n) is 16.0. The van der Waals surface area contributed by atoms with E-state index in [4.69, 9.17) is 10.5 Å². The van der Waals surface area contributed by atoms with E-state index in [-0.39, 0.29) is 11.6 Å². The number of rotatable bonds is 5. The number of carbonyl (C=O) groups is 1. The lowest BCUT2D eigenvalue weighted by molar-refractivity contribution is 0.0944. The summed E-state index contributed by atoms with van der Waals surface area (Å²) in [6.45, 7) is 6.62. The van der Waals surface area contributed by atoms with Crippen molar-refractivity contribution in [2.75, 3.05) is 19.4 Å². The molecule has 0 saturated carbocycles. The van der Waals surface area contributed by atoms with Crippen LogP contribution in [0.1, 0.15) is 29.9 Å². The van der Waals surface area contributed by atoms with Crippen LogP contribution < -0.4 is 15.8 Å². The molecule has 6 heteroatoms. The number of hydrogen-bond acceptors (Lipinski definition) is 5. The monoisotopic (exact) mass is 364 g/mol. The number of anilines is 1. The number of nitrogens with two attached hydrogens (primary N) is 1. The summed E-state index contributed by atoms with van der Waals surface area (Å²) < 4.78 is 5.51.